The molecule has 0 fully saturated rings. The van der Waals surface area contributed by atoms with Crippen molar-refractivity contribution in [1.82, 2.24) is 0 Å². The van der Waals surface area contributed by atoms with E-state index in [4.69, 9.17) is 9.47 Å². The Kier molecular flexibility index (Phi) is 5.61. The topological polar surface area (TPSA) is 35.5 Å². The Morgan fingerprint density at radius 1 is 1.14 bits per heavy atom. The Morgan fingerprint density at radius 2 is 2.00 bits per heavy atom. The molecule has 0 aromatic heterocycles. The van der Waals surface area contributed by atoms with Crippen molar-refractivity contribution in [1.29, 1.82) is 0 Å². The summed E-state index contributed by atoms with van der Waals surface area (Å²) in [4.78, 5) is 11.5. The van der Waals surface area contributed by atoms with Crippen LogP contribution in [0.2, 0.25) is 0 Å². The molecule has 112 valence electrons. The molecule has 21 heavy (non-hydrogen) atoms. The molecule has 0 aliphatic carbocycles. The summed E-state index contributed by atoms with van der Waals surface area (Å²) >= 11 is 0. The van der Waals surface area contributed by atoms with Gasteiger partial charge in [0.1, 0.15) is 5.75 Å². The molecular formula is C18H22O3. The molecule has 2 aromatic rings. The van der Waals surface area contributed by atoms with Crippen LogP contribution in [0.25, 0.3) is 10.8 Å². The zero-order chi connectivity index (χ0) is 15.1. The van der Waals surface area contributed by atoms with Crippen LogP contribution in [0.3, 0.4) is 0 Å². The maximum Gasteiger partial charge on any atom is 0.309 e. The molecular weight excluding hydrogens is 264 g/mol. The van der Waals surface area contributed by atoms with Crippen molar-refractivity contribution in [3.05, 3.63) is 42.0 Å². The first kappa shape index (κ1) is 15.4. The van der Waals surface area contributed by atoms with Crippen LogP contribution in [0.15, 0.2) is 36.4 Å². The van der Waals surface area contributed by atoms with E-state index < -0.39 is 0 Å². The van der Waals surface area contributed by atoms with E-state index in [1.165, 1.54) is 20.0 Å². The number of hydrogen-bond donors (Lipinski definition) is 0. The zero-order valence-corrected chi connectivity index (χ0v) is 12.7. The number of methoxy groups -OCH3 is 1. The van der Waals surface area contributed by atoms with Crippen LogP contribution >= 0.6 is 0 Å². The molecule has 0 atom stereocenters. The predicted octanol–water partition coefficient (Wildman–Crippen LogP) is 4.12. The predicted molar refractivity (Wildman–Crippen MR) is 84.7 cm³/mol. The maximum absolute atomic E-state index is 11.5. The minimum Gasteiger partial charge on any atom is -0.494 e. The summed E-state index contributed by atoms with van der Waals surface area (Å²) in [5.74, 6) is 0.632. The van der Waals surface area contributed by atoms with Gasteiger partial charge in [0.2, 0.25) is 0 Å². The minimum atomic E-state index is -0.225. The number of rotatable bonds is 7. The largest absolute Gasteiger partial charge is 0.494 e. The van der Waals surface area contributed by atoms with Crippen LogP contribution in [0.1, 0.15) is 31.7 Å². The highest BCUT2D eigenvalue weighted by molar-refractivity contribution is 5.90. The van der Waals surface area contributed by atoms with Gasteiger partial charge < -0.3 is 9.47 Å². The first-order chi connectivity index (χ1) is 10.2. The van der Waals surface area contributed by atoms with Crippen molar-refractivity contribution in [2.75, 3.05) is 13.7 Å². The molecule has 0 amide bonds. The molecule has 0 bridgehead atoms. The van der Waals surface area contributed by atoms with Crippen molar-refractivity contribution in [2.24, 2.45) is 0 Å². The van der Waals surface area contributed by atoms with E-state index >= 15 is 0 Å². The third-order valence-electron chi connectivity index (χ3n) is 3.52. The number of carbonyl (C=O) groups excluding carboxylic acids is 1. The number of fused-ring (bicyclic) bond motifs is 1. The SMILES string of the molecule is CCCCCOc1ccc2cccc(CC(=O)OC)c2c1. The van der Waals surface area contributed by atoms with Gasteiger partial charge in [-0.15, -0.1) is 0 Å². The number of carbonyl (C=O) groups is 1. The lowest BCUT2D eigenvalue weighted by Gasteiger charge is -2.09. The van der Waals surface area contributed by atoms with Crippen LogP contribution in [0.4, 0.5) is 0 Å². The number of unbranched alkanes of at least 4 members (excludes halogenated alkanes) is 2. The van der Waals surface area contributed by atoms with Gasteiger partial charge in [0.15, 0.2) is 0 Å². The van der Waals surface area contributed by atoms with E-state index in [1.807, 2.05) is 36.4 Å². The second-order valence-corrected chi connectivity index (χ2v) is 5.11. The summed E-state index contributed by atoms with van der Waals surface area (Å²) in [6.45, 7) is 2.91. The molecule has 0 aliphatic heterocycles. The van der Waals surface area contributed by atoms with Gasteiger partial charge in [-0.1, -0.05) is 44.0 Å². The summed E-state index contributed by atoms with van der Waals surface area (Å²) in [6, 6.07) is 12.0. The first-order valence-electron chi connectivity index (χ1n) is 7.46. The van der Waals surface area contributed by atoms with Crippen molar-refractivity contribution in [2.45, 2.75) is 32.6 Å². The first-order valence-corrected chi connectivity index (χ1v) is 7.46. The van der Waals surface area contributed by atoms with Crippen LogP contribution in [-0.2, 0) is 16.0 Å². The molecule has 0 radical (unpaired) electrons. The Labute approximate surface area is 125 Å². The van der Waals surface area contributed by atoms with Crippen LogP contribution in [0.5, 0.6) is 5.75 Å². The van der Waals surface area contributed by atoms with Crippen molar-refractivity contribution in [3.63, 3.8) is 0 Å². The van der Waals surface area contributed by atoms with Gasteiger partial charge in [0.05, 0.1) is 20.1 Å². The van der Waals surface area contributed by atoms with E-state index in [1.54, 1.807) is 0 Å². The van der Waals surface area contributed by atoms with Crippen molar-refractivity contribution < 1.29 is 14.3 Å². The standard InChI is InChI=1S/C18H22O3/c1-3-4-5-11-21-16-10-9-14-7-6-8-15(17(14)13-16)12-18(19)20-2/h6-10,13H,3-5,11-12H2,1-2H3. The van der Waals surface area contributed by atoms with Crippen LogP contribution in [-0.4, -0.2) is 19.7 Å². The van der Waals surface area contributed by atoms with Crippen LogP contribution < -0.4 is 4.74 Å². The molecule has 0 saturated heterocycles. The highest BCUT2D eigenvalue weighted by Gasteiger charge is 2.08. The third-order valence-corrected chi connectivity index (χ3v) is 3.52. The summed E-state index contributed by atoms with van der Waals surface area (Å²) in [6.07, 6.45) is 3.72. The zero-order valence-electron chi connectivity index (χ0n) is 12.7. The average Bonchev–Trinajstić information content (AvgIpc) is 2.52. The highest BCUT2D eigenvalue weighted by atomic mass is 16.5. The van der Waals surface area contributed by atoms with Crippen molar-refractivity contribution >= 4 is 16.7 Å². The quantitative estimate of drug-likeness (QED) is 0.567. The molecule has 3 heteroatoms. The molecule has 2 rings (SSSR count). The molecule has 0 heterocycles. The molecule has 0 aliphatic rings. The molecule has 0 unspecified atom stereocenters. The van der Waals surface area contributed by atoms with Gasteiger partial charge >= 0.3 is 5.97 Å². The maximum atomic E-state index is 11.5. The van der Waals surface area contributed by atoms with Gasteiger partial charge in [-0.2, -0.15) is 0 Å². The molecule has 0 spiro atoms. The Balaban J connectivity index is 2.19. The Hall–Kier alpha value is -2.03. The van der Waals surface area contributed by atoms with E-state index in [2.05, 4.69) is 6.92 Å². The second-order valence-electron chi connectivity index (χ2n) is 5.11. The number of ether oxygens (including phenoxy) is 2. The van der Waals surface area contributed by atoms with Gasteiger partial charge in [0.25, 0.3) is 0 Å². The lowest BCUT2D eigenvalue weighted by Crippen LogP contribution is -2.05. The summed E-state index contributed by atoms with van der Waals surface area (Å²) in [5, 5.41) is 2.16. The summed E-state index contributed by atoms with van der Waals surface area (Å²) in [7, 11) is 1.41. The third kappa shape index (κ3) is 4.22. The fraction of sp³-hybridized carbons (Fsp3) is 0.389. The molecule has 0 N–H and O–H groups in total. The number of esters is 1. The van der Waals surface area contributed by atoms with E-state index in [9.17, 15) is 4.79 Å². The van der Waals surface area contributed by atoms with E-state index in [0.29, 0.717) is 0 Å². The lowest BCUT2D eigenvalue weighted by atomic mass is 10.0. The Bertz CT molecular complexity index is 604. The fourth-order valence-electron chi connectivity index (χ4n) is 2.33. The highest BCUT2D eigenvalue weighted by Crippen LogP contribution is 2.25. The monoisotopic (exact) mass is 286 g/mol. The van der Waals surface area contributed by atoms with E-state index in [-0.39, 0.29) is 12.4 Å². The fourth-order valence-corrected chi connectivity index (χ4v) is 2.33. The molecule has 2 aromatic carbocycles. The van der Waals surface area contributed by atoms with Crippen LogP contribution in [0, 0.1) is 0 Å². The summed E-state index contributed by atoms with van der Waals surface area (Å²) < 4.78 is 10.5. The molecule has 3 nitrogen and oxygen atoms in total. The second kappa shape index (κ2) is 7.67. The molecule has 0 saturated carbocycles. The van der Waals surface area contributed by atoms with Gasteiger partial charge in [-0.25, -0.2) is 0 Å². The summed E-state index contributed by atoms with van der Waals surface area (Å²) in [5.41, 5.74) is 0.971. The minimum absolute atomic E-state index is 0.225. The average molecular weight is 286 g/mol. The van der Waals surface area contributed by atoms with Gasteiger partial charge in [0, 0.05) is 0 Å². The van der Waals surface area contributed by atoms with Crippen molar-refractivity contribution in [3.8, 4) is 5.75 Å². The van der Waals surface area contributed by atoms with Gasteiger partial charge in [-0.05, 0) is 34.9 Å². The Morgan fingerprint density at radius 3 is 2.76 bits per heavy atom. The number of benzene rings is 2. The van der Waals surface area contributed by atoms with Gasteiger partial charge in [-0.3, -0.25) is 4.79 Å². The van der Waals surface area contributed by atoms with E-state index in [0.717, 1.165) is 35.1 Å². The normalized spacial score (nSPS) is 10.6. The number of hydrogen-bond acceptors (Lipinski definition) is 3. The lowest BCUT2D eigenvalue weighted by molar-refractivity contribution is -0.139. The smallest absolute Gasteiger partial charge is 0.309 e.